The molecular weight excluding hydrogens is 318 g/mol. The van der Waals surface area contributed by atoms with Gasteiger partial charge in [-0.2, -0.15) is 0 Å². The first kappa shape index (κ1) is 16.8. The molecule has 1 aromatic heterocycles. The number of carbonyl (C=O) groups is 2. The summed E-state index contributed by atoms with van der Waals surface area (Å²) < 4.78 is 1.81. The van der Waals surface area contributed by atoms with Crippen LogP contribution >= 0.6 is 11.6 Å². The lowest BCUT2D eigenvalue weighted by Crippen LogP contribution is -2.41. The molecule has 1 aromatic carbocycles. The molecule has 0 saturated heterocycles. The molecule has 0 saturated carbocycles. The first-order valence-electron chi connectivity index (χ1n) is 7.03. The molecule has 7 nitrogen and oxygen atoms in total. The van der Waals surface area contributed by atoms with E-state index in [0.717, 1.165) is 11.4 Å². The highest BCUT2D eigenvalue weighted by Gasteiger charge is 2.06. The van der Waals surface area contributed by atoms with E-state index in [1.165, 1.54) is 0 Å². The third kappa shape index (κ3) is 5.63. The van der Waals surface area contributed by atoms with Gasteiger partial charge in [-0.15, -0.1) is 0 Å². The van der Waals surface area contributed by atoms with Gasteiger partial charge >= 0.3 is 6.03 Å². The van der Waals surface area contributed by atoms with Crippen LogP contribution in [0.2, 0.25) is 5.02 Å². The number of rotatable bonds is 6. The van der Waals surface area contributed by atoms with E-state index >= 15 is 0 Å². The molecule has 0 aliphatic rings. The van der Waals surface area contributed by atoms with Crippen LogP contribution in [0, 0.1) is 0 Å². The van der Waals surface area contributed by atoms with Crippen molar-refractivity contribution >= 4 is 23.5 Å². The molecule has 0 atom stereocenters. The third-order valence-electron chi connectivity index (χ3n) is 3.14. The Hall–Kier alpha value is -2.54. The van der Waals surface area contributed by atoms with Crippen LogP contribution in [-0.2, 0) is 24.9 Å². The van der Waals surface area contributed by atoms with Crippen molar-refractivity contribution in [2.75, 3.05) is 6.54 Å². The van der Waals surface area contributed by atoms with E-state index in [1.54, 1.807) is 24.5 Å². The summed E-state index contributed by atoms with van der Waals surface area (Å²) in [5.74, 6) is 0.459. The van der Waals surface area contributed by atoms with Crippen molar-refractivity contribution in [1.29, 1.82) is 0 Å². The van der Waals surface area contributed by atoms with Crippen LogP contribution in [0.4, 0.5) is 4.79 Å². The topological polar surface area (TPSA) is 88.1 Å². The largest absolute Gasteiger partial charge is 0.347 e. The maximum absolute atomic E-state index is 11.7. The Morgan fingerprint density at radius 3 is 2.52 bits per heavy atom. The van der Waals surface area contributed by atoms with Gasteiger partial charge in [-0.1, -0.05) is 23.7 Å². The predicted molar refractivity (Wildman–Crippen MR) is 86.7 cm³/mol. The summed E-state index contributed by atoms with van der Waals surface area (Å²) in [4.78, 5) is 27.4. The fourth-order valence-corrected chi connectivity index (χ4v) is 1.94. The number of hydrogen-bond donors (Lipinski definition) is 3. The zero-order valence-electron chi connectivity index (χ0n) is 12.7. The average Bonchev–Trinajstić information content (AvgIpc) is 2.95. The van der Waals surface area contributed by atoms with Crippen LogP contribution in [0.25, 0.3) is 0 Å². The van der Waals surface area contributed by atoms with Gasteiger partial charge in [-0.25, -0.2) is 9.78 Å². The number of halogens is 1. The van der Waals surface area contributed by atoms with Gasteiger partial charge in [-0.3, -0.25) is 4.79 Å². The molecule has 3 N–H and O–H groups in total. The number of nitrogens with one attached hydrogen (secondary N) is 3. The van der Waals surface area contributed by atoms with Crippen LogP contribution < -0.4 is 16.0 Å². The first-order chi connectivity index (χ1) is 11.0. The second kappa shape index (κ2) is 8.19. The van der Waals surface area contributed by atoms with Crippen molar-refractivity contribution < 1.29 is 9.59 Å². The van der Waals surface area contributed by atoms with E-state index in [1.807, 2.05) is 23.7 Å². The number of hydrogen-bond acceptors (Lipinski definition) is 3. The van der Waals surface area contributed by atoms with E-state index in [9.17, 15) is 9.59 Å². The molecule has 0 aliphatic heterocycles. The van der Waals surface area contributed by atoms with Crippen molar-refractivity contribution in [3.8, 4) is 0 Å². The lowest BCUT2D eigenvalue weighted by Gasteiger charge is -2.08. The van der Waals surface area contributed by atoms with Crippen LogP contribution in [0.1, 0.15) is 11.4 Å². The lowest BCUT2D eigenvalue weighted by molar-refractivity contribution is -0.120. The second-order valence-electron chi connectivity index (χ2n) is 4.89. The van der Waals surface area contributed by atoms with Crippen LogP contribution in [0.15, 0.2) is 36.7 Å². The van der Waals surface area contributed by atoms with Gasteiger partial charge in [0.15, 0.2) is 0 Å². The Morgan fingerprint density at radius 1 is 1.13 bits per heavy atom. The van der Waals surface area contributed by atoms with E-state index in [4.69, 9.17) is 11.6 Å². The van der Waals surface area contributed by atoms with Gasteiger partial charge < -0.3 is 20.5 Å². The maximum Gasteiger partial charge on any atom is 0.315 e. The van der Waals surface area contributed by atoms with Gasteiger partial charge in [0.1, 0.15) is 5.82 Å². The molecule has 0 bridgehead atoms. The molecule has 2 aromatic rings. The molecule has 122 valence electrons. The zero-order chi connectivity index (χ0) is 16.7. The first-order valence-corrected chi connectivity index (χ1v) is 7.41. The zero-order valence-corrected chi connectivity index (χ0v) is 13.4. The minimum absolute atomic E-state index is 0.100. The number of imidazole rings is 1. The molecule has 8 heteroatoms. The van der Waals surface area contributed by atoms with Crippen molar-refractivity contribution in [2.45, 2.75) is 13.1 Å². The number of urea groups is 1. The molecule has 0 fully saturated rings. The Kier molecular flexibility index (Phi) is 5.99. The summed E-state index contributed by atoms with van der Waals surface area (Å²) in [5.41, 5.74) is 0.920. The normalized spacial score (nSPS) is 10.2. The van der Waals surface area contributed by atoms with E-state index in [-0.39, 0.29) is 12.5 Å². The van der Waals surface area contributed by atoms with Crippen molar-refractivity contribution in [2.24, 2.45) is 7.05 Å². The van der Waals surface area contributed by atoms with Crippen molar-refractivity contribution in [3.63, 3.8) is 0 Å². The SMILES string of the molecule is Cn1ccnc1CNC(=O)CNC(=O)NCc1ccc(Cl)cc1. The number of nitrogens with zero attached hydrogens (tertiary/aromatic N) is 2. The minimum Gasteiger partial charge on any atom is -0.347 e. The quantitative estimate of drug-likeness (QED) is 0.741. The van der Waals surface area contributed by atoms with Crippen LogP contribution in [-0.4, -0.2) is 28.0 Å². The summed E-state index contributed by atoms with van der Waals surface area (Å²) in [5, 5.41) is 8.48. The van der Waals surface area contributed by atoms with E-state index in [0.29, 0.717) is 18.1 Å². The van der Waals surface area contributed by atoms with Crippen LogP contribution in [0.3, 0.4) is 0 Å². The highest BCUT2D eigenvalue weighted by atomic mass is 35.5. The average molecular weight is 336 g/mol. The standard InChI is InChI=1S/C15H18ClN5O2/c1-21-7-6-17-13(21)9-18-14(22)10-20-15(23)19-8-11-2-4-12(16)5-3-11/h2-7H,8-10H2,1H3,(H,18,22)(H2,19,20,23). The maximum atomic E-state index is 11.7. The van der Waals surface area contributed by atoms with E-state index in [2.05, 4.69) is 20.9 Å². The third-order valence-corrected chi connectivity index (χ3v) is 3.39. The number of benzene rings is 1. The molecule has 0 unspecified atom stereocenters. The molecule has 2 rings (SSSR count). The smallest absolute Gasteiger partial charge is 0.315 e. The van der Waals surface area contributed by atoms with E-state index < -0.39 is 6.03 Å². The molecular formula is C15H18ClN5O2. The fourth-order valence-electron chi connectivity index (χ4n) is 1.81. The summed E-state index contributed by atoms with van der Waals surface area (Å²) >= 11 is 5.79. The Labute approximate surface area is 139 Å². The molecule has 23 heavy (non-hydrogen) atoms. The molecule has 0 spiro atoms. The lowest BCUT2D eigenvalue weighted by atomic mass is 10.2. The van der Waals surface area contributed by atoms with Gasteiger partial charge in [0.05, 0.1) is 13.1 Å². The highest BCUT2D eigenvalue weighted by molar-refractivity contribution is 6.30. The van der Waals surface area contributed by atoms with Crippen molar-refractivity contribution in [3.05, 3.63) is 53.1 Å². The number of aromatic nitrogens is 2. The molecule has 0 radical (unpaired) electrons. The Bertz CT molecular complexity index is 669. The van der Waals surface area contributed by atoms with Crippen LogP contribution in [0.5, 0.6) is 0 Å². The summed E-state index contributed by atoms with van der Waals surface area (Å²) in [7, 11) is 1.84. The summed E-state index contributed by atoms with van der Waals surface area (Å²) in [6.45, 7) is 0.575. The Morgan fingerprint density at radius 2 is 1.87 bits per heavy atom. The molecule has 3 amide bonds. The Balaban J connectivity index is 1.64. The highest BCUT2D eigenvalue weighted by Crippen LogP contribution is 2.08. The monoisotopic (exact) mass is 335 g/mol. The molecule has 1 heterocycles. The number of amides is 3. The fraction of sp³-hybridized carbons (Fsp3) is 0.267. The van der Waals surface area contributed by atoms with Gasteiger partial charge in [0.2, 0.25) is 5.91 Å². The molecule has 0 aliphatic carbocycles. The minimum atomic E-state index is -0.410. The summed E-state index contributed by atoms with van der Waals surface area (Å²) in [6, 6.07) is 6.74. The summed E-state index contributed by atoms with van der Waals surface area (Å²) in [6.07, 6.45) is 3.45. The number of aryl methyl sites for hydroxylation is 1. The second-order valence-corrected chi connectivity index (χ2v) is 5.33. The van der Waals surface area contributed by atoms with Crippen molar-refractivity contribution in [1.82, 2.24) is 25.5 Å². The van der Waals surface area contributed by atoms with Gasteiger partial charge in [0.25, 0.3) is 0 Å². The number of carbonyl (C=O) groups excluding carboxylic acids is 2. The van der Waals surface area contributed by atoms with Gasteiger partial charge in [-0.05, 0) is 17.7 Å². The predicted octanol–water partition coefficient (Wildman–Crippen LogP) is 1.19. The van der Waals surface area contributed by atoms with Gasteiger partial charge in [0, 0.05) is 31.0 Å².